The second-order valence-electron chi connectivity index (χ2n) is 6.90. The van der Waals surface area contributed by atoms with Gasteiger partial charge in [-0.25, -0.2) is 4.79 Å². The zero-order valence-corrected chi connectivity index (χ0v) is 14.6. The summed E-state index contributed by atoms with van der Waals surface area (Å²) in [6, 6.07) is 7.66. The molecule has 0 bridgehead atoms. The van der Waals surface area contributed by atoms with Crippen molar-refractivity contribution in [2.45, 2.75) is 43.1 Å². The molecule has 1 saturated heterocycles. The van der Waals surface area contributed by atoms with Gasteiger partial charge in [0, 0.05) is 18.7 Å². The SMILES string of the molecule is O=C(N[C@H]1c2ccccc2C[C@H]1O)[C@H]1O[C@@H](n2ccc(=O)[nH]c2=O)[C@H](O)[C@@H]1O. The number of amides is 1. The van der Waals surface area contributed by atoms with Crippen molar-refractivity contribution in [3.63, 3.8) is 0 Å². The van der Waals surface area contributed by atoms with Gasteiger partial charge in [-0.2, -0.15) is 0 Å². The van der Waals surface area contributed by atoms with Crippen molar-refractivity contribution in [1.82, 2.24) is 14.9 Å². The normalized spacial score (nSPS) is 31.5. The fraction of sp³-hybridized carbons (Fsp3) is 0.389. The summed E-state index contributed by atoms with van der Waals surface area (Å²) in [6.45, 7) is 0. The Morgan fingerprint density at radius 1 is 1.14 bits per heavy atom. The van der Waals surface area contributed by atoms with Crippen LogP contribution in [-0.2, 0) is 16.0 Å². The summed E-state index contributed by atoms with van der Waals surface area (Å²) in [5.74, 6) is -0.729. The molecule has 10 nitrogen and oxygen atoms in total. The molecule has 0 saturated carbocycles. The zero-order valence-electron chi connectivity index (χ0n) is 14.6. The standard InChI is InChI=1S/C18H19N3O7/c22-10-7-8-3-1-2-4-9(8)12(10)20-16(26)15-13(24)14(25)17(28-15)21-6-5-11(23)19-18(21)27/h1-6,10,12-15,17,22,24-25H,7H2,(H,20,26)(H,19,23,27)/t10-,12+,13+,14-,15+,17-/m1/s1. The summed E-state index contributed by atoms with van der Waals surface area (Å²) in [7, 11) is 0. The molecular formula is C18H19N3O7. The number of carbonyl (C=O) groups is 1. The van der Waals surface area contributed by atoms with Gasteiger partial charge in [0.1, 0.15) is 12.2 Å². The van der Waals surface area contributed by atoms with Crippen LogP contribution >= 0.6 is 0 Å². The Morgan fingerprint density at radius 3 is 2.64 bits per heavy atom. The number of fused-ring (bicyclic) bond motifs is 1. The molecule has 5 N–H and O–H groups in total. The van der Waals surface area contributed by atoms with Gasteiger partial charge in [-0.15, -0.1) is 0 Å². The molecule has 1 aliphatic heterocycles. The van der Waals surface area contributed by atoms with E-state index in [1.165, 1.54) is 0 Å². The molecule has 148 valence electrons. The van der Waals surface area contributed by atoms with E-state index >= 15 is 0 Å². The summed E-state index contributed by atoms with van der Waals surface area (Å²) in [5, 5.41) is 33.4. The quantitative estimate of drug-likeness (QED) is 0.404. The number of aromatic amines is 1. The maximum atomic E-state index is 12.7. The first kappa shape index (κ1) is 18.6. The fourth-order valence-electron chi connectivity index (χ4n) is 3.72. The molecule has 0 radical (unpaired) electrons. The largest absolute Gasteiger partial charge is 0.390 e. The Morgan fingerprint density at radius 2 is 1.89 bits per heavy atom. The lowest BCUT2D eigenvalue weighted by Crippen LogP contribution is -2.45. The number of hydrogen-bond donors (Lipinski definition) is 5. The predicted octanol–water partition coefficient (Wildman–Crippen LogP) is -2.07. The zero-order chi connectivity index (χ0) is 20.0. The number of benzene rings is 1. The lowest BCUT2D eigenvalue weighted by Gasteiger charge is -2.21. The molecule has 4 rings (SSSR count). The molecule has 6 atom stereocenters. The smallest absolute Gasteiger partial charge is 0.330 e. The minimum atomic E-state index is -1.60. The van der Waals surface area contributed by atoms with Gasteiger partial charge in [-0.1, -0.05) is 24.3 Å². The van der Waals surface area contributed by atoms with Crippen LogP contribution in [0.1, 0.15) is 23.4 Å². The number of aliphatic hydroxyl groups excluding tert-OH is 3. The Hall–Kier alpha value is -2.79. The van der Waals surface area contributed by atoms with Gasteiger partial charge in [-0.05, 0) is 11.1 Å². The first-order valence-corrected chi connectivity index (χ1v) is 8.76. The number of rotatable bonds is 3. The van der Waals surface area contributed by atoms with Crippen LogP contribution in [0.25, 0.3) is 0 Å². The van der Waals surface area contributed by atoms with Crippen molar-refractivity contribution in [3.05, 3.63) is 68.5 Å². The molecule has 2 heterocycles. The van der Waals surface area contributed by atoms with Crippen LogP contribution in [0, 0.1) is 0 Å². The number of aliphatic hydroxyl groups is 3. The predicted molar refractivity (Wildman–Crippen MR) is 94.3 cm³/mol. The van der Waals surface area contributed by atoms with Crippen LogP contribution in [0.5, 0.6) is 0 Å². The summed E-state index contributed by atoms with van der Waals surface area (Å²) >= 11 is 0. The number of nitrogens with one attached hydrogen (secondary N) is 2. The van der Waals surface area contributed by atoms with Gasteiger partial charge in [0.25, 0.3) is 11.5 Å². The highest BCUT2D eigenvalue weighted by atomic mass is 16.6. The fourth-order valence-corrected chi connectivity index (χ4v) is 3.72. The molecule has 1 aromatic carbocycles. The first-order chi connectivity index (χ1) is 13.4. The van der Waals surface area contributed by atoms with Crippen molar-refractivity contribution >= 4 is 5.91 Å². The molecule has 2 aromatic rings. The number of nitrogens with zero attached hydrogens (tertiary/aromatic N) is 1. The second-order valence-corrected chi connectivity index (χ2v) is 6.90. The van der Waals surface area contributed by atoms with Gasteiger partial charge in [-0.3, -0.25) is 19.1 Å². The van der Waals surface area contributed by atoms with E-state index in [1.54, 1.807) is 12.1 Å². The van der Waals surface area contributed by atoms with Crippen LogP contribution in [0.3, 0.4) is 0 Å². The molecule has 2 aliphatic rings. The van der Waals surface area contributed by atoms with E-state index in [2.05, 4.69) is 5.32 Å². The van der Waals surface area contributed by atoms with E-state index in [9.17, 15) is 29.7 Å². The average Bonchev–Trinajstić information content (AvgIpc) is 3.13. The average molecular weight is 389 g/mol. The van der Waals surface area contributed by atoms with Gasteiger partial charge in [0.2, 0.25) is 0 Å². The third-order valence-corrected chi connectivity index (χ3v) is 5.12. The summed E-state index contributed by atoms with van der Waals surface area (Å²) in [4.78, 5) is 37.8. The third-order valence-electron chi connectivity index (χ3n) is 5.12. The molecule has 1 amide bonds. The maximum absolute atomic E-state index is 12.7. The van der Waals surface area contributed by atoms with Crippen molar-refractivity contribution in [3.8, 4) is 0 Å². The Kier molecular flexibility index (Phi) is 4.63. The van der Waals surface area contributed by atoms with E-state index < -0.39 is 53.8 Å². The highest BCUT2D eigenvalue weighted by molar-refractivity contribution is 5.82. The number of hydrogen-bond acceptors (Lipinski definition) is 7. The summed E-state index contributed by atoms with van der Waals surface area (Å²) < 4.78 is 6.33. The van der Waals surface area contributed by atoms with Crippen LogP contribution in [0.2, 0.25) is 0 Å². The van der Waals surface area contributed by atoms with E-state index in [4.69, 9.17) is 4.74 Å². The van der Waals surface area contributed by atoms with Crippen molar-refractivity contribution in [2.24, 2.45) is 0 Å². The minimum absolute atomic E-state index is 0.382. The van der Waals surface area contributed by atoms with Crippen LogP contribution in [-0.4, -0.2) is 55.2 Å². The van der Waals surface area contributed by atoms with E-state index in [0.29, 0.717) is 6.42 Å². The topological polar surface area (TPSA) is 154 Å². The number of aromatic nitrogens is 2. The van der Waals surface area contributed by atoms with Crippen molar-refractivity contribution < 1.29 is 24.9 Å². The van der Waals surface area contributed by atoms with E-state index in [1.807, 2.05) is 17.1 Å². The first-order valence-electron chi connectivity index (χ1n) is 8.76. The van der Waals surface area contributed by atoms with Gasteiger partial charge >= 0.3 is 5.69 Å². The Labute approximate surface area is 158 Å². The second kappa shape index (κ2) is 6.99. The maximum Gasteiger partial charge on any atom is 0.330 e. The molecule has 0 spiro atoms. The molecule has 10 heteroatoms. The van der Waals surface area contributed by atoms with Crippen LogP contribution < -0.4 is 16.6 Å². The number of carbonyl (C=O) groups excluding carboxylic acids is 1. The van der Waals surface area contributed by atoms with Gasteiger partial charge in [0.15, 0.2) is 12.3 Å². The molecule has 1 aliphatic carbocycles. The third kappa shape index (κ3) is 3.06. The van der Waals surface area contributed by atoms with Crippen molar-refractivity contribution in [1.29, 1.82) is 0 Å². The van der Waals surface area contributed by atoms with Crippen LogP contribution in [0.15, 0.2) is 46.1 Å². The molecule has 1 fully saturated rings. The van der Waals surface area contributed by atoms with Crippen LogP contribution in [0.4, 0.5) is 0 Å². The van der Waals surface area contributed by atoms with E-state index in [0.717, 1.165) is 28.0 Å². The molecule has 1 aromatic heterocycles. The van der Waals surface area contributed by atoms with Crippen molar-refractivity contribution in [2.75, 3.05) is 0 Å². The highest BCUT2D eigenvalue weighted by Gasteiger charge is 2.48. The lowest BCUT2D eigenvalue weighted by molar-refractivity contribution is -0.139. The molecular weight excluding hydrogens is 370 g/mol. The summed E-state index contributed by atoms with van der Waals surface area (Å²) in [5.41, 5.74) is 0.207. The minimum Gasteiger partial charge on any atom is -0.390 e. The van der Waals surface area contributed by atoms with Gasteiger partial charge in [0.05, 0.1) is 12.1 Å². The highest BCUT2D eigenvalue weighted by Crippen LogP contribution is 2.33. The number of H-pyrrole nitrogens is 1. The lowest BCUT2D eigenvalue weighted by atomic mass is 10.1. The Balaban J connectivity index is 1.54. The summed E-state index contributed by atoms with van der Waals surface area (Å²) in [6.07, 6.45) is -5.32. The molecule has 28 heavy (non-hydrogen) atoms. The molecule has 0 unspecified atom stereocenters. The Bertz CT molecular complexity index is 1020. The number of ether oxygens (including phenoxy) is 1. The monoisotopic (exact) mass is 389 g/mol. The van der Waals surface area contributed by atoms with Gasteiger partial charge < -0.3 is 25.4 Å². The van der Waals surface area contributed by atoms with E-state index in [-0.39, 0.29) is 0 Å².